The van der Waals surface area contributed by atoms with Crippen molar-refractivity contribution in [3.8, 4) is 0 Å². The highest BCUT2D eigenvalue weighted by molar-refractivity contribution is 7.89. The molecule has 2 rings (SSSR count). The molecule has 0 radical (unpaired) electrons. The second-order valence-corrected chi connectivity index (χ2v) is 7.01. The number of halogens is 1. The van der Waals surface area contributed by atoms with Gasteiger partial charge >= 0.3 is 0 Å². The largest absolute Gasteiger partial charge is 0.310 e. The van der Waals surface area contributed by atoms with Crippen LogP contribution in [-0.4, -0.2) is 32.4 Å². The number of hydrogen-bond acceptors (Lipinski definition) is 3. The summed E-state index contributed by atoms with van der Waals surface area (Å²) in [4.78, 5) is -0.294. The lowest BCUT2D eigenvalue weighted by Crippen LogP contribution is -2.27. The Labute approximate surface area is 119 Å². The van der Waals surface area contributed by atoms with Crippen molar-refractivity contribution in [2.24, 2.45) is 0 Å². The lowest BCUT2D eigenvalue weighted by atomic mass is 10.2. The van der Waals surface area contributed by atoms with Crippen LogP contribution in [0.15, 0.2) is 35.7 Å². The first kappa shape index (κ1) is 15.2. The van der Waals surface area contributed by atoms with Gasteiger partial charge in [-0.3, -0.25) is 0 Å². The van der Waals surface area contributed by atoms with Gasteiger partial charge in [-0.15, -0.1) is 6.58 Å². The Hall–Kier alpha value is -1.24. The number of nitrogens with zero attached hydrogens (tertiary/aromatic N) is 1. The molecular formula is C14H19FN2O2S. The van der Waals surface area contributed by atoms with Crippen LogP contribution in [0.2, 0.25) is 0 Å². The standard InChI is InChI=1S/C14H19FN2O2S/c1-3-8-17(2)20(18,19)14-7-4-11(9-13(14)15)10-16-12-5-6-12/h3-4,7,9,12,16H,1,5-6,8,10H2,2H3. The molecule has 1 saturated carbocycles. The number of rotatable bonds is 7. The molecule has 0 aromatic heterocycles. The summed E-state index contributed by atoms with van der Waals surface area (Å²) in [5.74, 6) is -0.712. The molecule has 0 aliphatic heterocycles. The van der Waals surface area contributed by atoms with E-state index in [1.807, 2.05) is 0 Å². The van der Waals surface area contributed by atoms with Crippen LogP contribution in [-0.2, 0) is 16.6 Å². The summed E-state index contributed by atoms with van der Waals surface area (Å²) in [5.41, 5.74) is 0.750. The number of hydrogen-bond donors (Lipinski definition) is 1. The smallest absolute Gasteiger partial charge is 0.246 e. The van der Waals surface area contributed by atoms with Crippen molar-refractivity contribution < 1.29 is 12.8 Å². The number of sulfonamides is 1. The van der Waals surface area contributed by atoms with E-state index in [1.165, 1.54) is 25.3 Å². The second-order valence-electron chi connectivity index (χ2n) is 4.99. The van der Waals surface area contributed by atoms with Crippen LogP contribution < -0.4 is 5.32 Å². The molecule has 0 atom stereocenters. The molecule has 1 aliphatic carbocycles. The Morgan fingerprint density at radius 3 is 2.75 bits per heavy atom. The van der Waals surface area contributed by atoms with Gasteiger partial charge in [-0.2, -0.15) is 4.31 Å². The summed E-state index contributed by atoms with van der Waals surface area (Å²) in [6.07, 6.45) is 3.77. The molecule has 1 N–H and O–H groups in total. The molecule has 6 heteroatoms. The Morgan fingerprint density at radius 1 is 1.50 bits per heavy atom. The molecule has 0 saturated heterocycles. The van der Waals surface area contributed by atoms with Gasteiger partial charge in [0.15, 0.2) is 0 Å². The van der Waals surface area contributed by atoms with Crippen molar-refractivity contribution in [2.45, 2.75) is 30.3 Å². The highest BCUT2D eigenvalue weighted by Crippen LogP contribution is 2.22. The summed E-state index contributed by atoms with van der Waals surface area (Å²) in [7, 11) is -2.40. The van der Waals surface area contributed by atoms with E-state index >= 15 is 0 Å². The van der Waals surface area contributed by atoms with Crippen molar-refractivity contribution in [2.75, 3.05) is 13.6 Å². The van der Waals surface area contributed by atoms with E-state index in [2.05, 4.69) is 11.9 Å². The van der Waals surface area contributed by atoms with E-state index in [-0.39, 0.29) is 11.4 Å². The van der Waals surface area contributed by atoms with Crippen LogP contribution in [0, 0.1) is 5.82 Å². The zero-order valence-electron chi connectivity index (χ0n) is 11.5. The van der Waals surface area contributed by atoms with Gasteiger partial charge in [0.2, 0.25) is 10.0 Å². The van der Waals surface area contributed by atoms with E-state index in [0.29, 0.717) is 12.6 Å². The molecule has 20 heavy (non-hydrogen) atoms. The van der Waals surface area contributed by atoms with Crippen LogP contribution in [0.5, 0.6) is 0 Å². The summed E-state index contributed by atoms with van der Waals surface area (Å²) in [5, 5.41) is 3.26. The first-order valence-corrected chi connectivity index (χ1v) is 7.98. The average molecular weight is 298 g/mol. The molecule has 0 heterocycles. The number of nitrogens with one attached hydrogen (secondary N) is 1. The zero-order valence-corrected chi connectivity index (χ0v) is 12.3. The Morgan fingerprint density at radius 2 is 2.20 bits per heavy atom. The minimum absolute atomic E-state index is 0.146. The highest BCUT2D eigenvalue weighted by Gasteiger charge is 2.24. The molecule has 0 bridgehead atoms. The molecule has 0 amide bonds. The highest BCUT2D eigenvalue weighted by atomic mass is 32.2. The number of likely N-dealkylation sites (N-methyl/N-ethyl adjacent to an activating group) is 1. The predicted molar refractivity (Wildman–Crippen MR) is 76.3 cm³/mol. The third kappa shape index (κ3) is 3.45. The molecule has 110 valence electrons. The molecule has 0 unspecified atom stereocenters. The van der Waals surface area contributed by atoms with Crippen molar-refractivity contribution in [3.63, 3.8) is 0 Å². The molecule has 1 aromatic rings. The maximum atomic E-state index is 14.0. The average Bonchev–Trinajstić information content (AvgIpc) is 3.20. The van der Waals surface area contributed by atoms with Gasteiger partial charge < -0.3 is 5.32 Å². The van der Waals surface area contributed by atoms with E-state index in [0.717, 1.165) is 22.7 Å². The second kappa shape index (κ2) is 6.03. The summed E-state index contributed by atoms with van der Waals surface area (Å²) in [6.45, 7) is 4.19. The quantitative estimate of drug-likeness (QED) is 0.782. The van der Waals surface area contributed by atoms with E-state index in [4.69, 9.17) is 0 Å². The van der Waals surface area contributed by atoms with Crippen LogP contribution in [0.3, 0.4) is 0 Å². The molecule has 0 spiro atoms. The minimum Gasteiger partial charge on any atom is -0.310 e. The Balaban J connectivity index is 2.17. The van der Waals surface area contributed by atoms with Crippen molar-refractivity contribution in [3.05, 3.63) is 42.2 Å². The first-order valence-electron chi connectivity index (χ1n) is 6.54. The molecular weight excluding hydrogens is 279 g/mol. The lowest BCUT2D eigenvalue weighted by molar-refractivity contribution is 0.489. The SMILES string of the molecule is C=CCN(C)S(=O)(=O)c1ccc(CNC2CC2)cc1F. The monoisotopic (exact) mass is 298 g/mol. The summed E-state index contributed by atoms with van der Waals surface area (Å²) >= 11 is 0. The van der Waals surface area contributed by atoms with Crippen LogP contribution >= 0.6 is 0 Å². The third-order valence-corrected chi connectivity index (χ3v) is 5.10. The molecule has 4 nitrogen and oxygen atoms in total. The fourth-order valence-corrected chi connectivity index (χ4v) is 3.04. The first-order chi connectivity index (χ1) is 9.45. The van der Waals surface area contributed by atoms with E-state index in [1.54, 1.807) is 6.07 Å². The zero-order chi connectivity index (χ0) is 14.8. The Bertz CT molecular complexity index is 597. The predicted octanol–water partition coefficient (Wildman–Crippen LogP) is 1.88. The summed E-state index contributed by atoms with van der Waals surface area (Å²) < 4.78 is 39.4. The van der Waals surface area contributed by atoms with Gasteiger partial charge in [-0.05, 0) is 30.5 Å². The topological polar surface area (TPSA) is 49.4 Å². The summed E-state index contributed by atoms with van der Waals surface area (Å²) in [6, 6.07) is 4.78. The van der Waals surface area contributed by atoms with Crippen LogP contribution in [0.25, 0.3) is 0 Å². The van der Waals surface area contributed by atoms with Crippen molar-refractivity contribution in [1.29, 1.82) is 0 Å². The van der Waals surface area contributed by atoms with Gasteiger partial charge in [0.1, 0.15) is 10.7 Å². The normalized spacial score (nSPS) is 15.6. The maximum Gasteiger partial charge on any atom is 0.246 e. The van der Waals surface area contributed by atoms with Gasteiger partial charge in [0, 0.05) is 26.2 Å². The fraction of sp³-hybridized carbons (Fsp3) is 0.429. The van der Waals surface area contributed by atoms with Gasteiger partial charge in [-0.1, -0.05) is 12.1 Å². The van der Waals surface area contributed by atoms with E-state index in [9.17, 15) is 12.8 Å². The Kier molecular flexibility index (Phi) is 4.57. The molecule has 1 aromatic carbocycles. The van der Waals surface area contributed by atoms with Gasteiger partial charge in [0.25, 0.3) is 0 Å². The van der Waals surface area contributed by atoms with Crippen molar-refractivity contribution >= 4 is 10.0 Å². The van der Waals surface area contributed by atoms with Crippen LogP contribution in [0.1, 0.15) is 18.4 Å². The minimum atomic E-state index is -3.80. The van der Waals surface area contributed by atoms with Gasteiger partial charge in [0.05, 0.1) is 0 Å². The molecule has 1 aliphatic rings. The van der Waals surface area contributed by atoms with Gasteiger partial charge in [-0.25, -0.2) is 12.8 Å². The van der Waals surface area contributed by atoms with E-state index < -0.39 is 15.8 Å². The maximum absolute atomic E-state index is 14.0. The van der Waals surface area contributed by atoms with Crippen LogP contribution in [0.4, 0.5) is 4.39 Å². The molecule has 1 fully saturated rings. The lowest BCUT2D eigenvalue weighted by Gasteiger charge is -2.16. The fourth-order valence-electron chi connectivity index (χ4n) is 1.86. The third-order valence-electron chi connectivity index (χ3n) is 3.24. The number of benzene rings is 1. The van der Waals surface area contributed by atoms with Crippen molar-refractivity contribution in [1.82, 2.24) is 9.62 Å².